The van der Waals surface area contributed by atoms with Crippen LogP contribution in [0.2, 0.25) is 0 Å². The summed E-state index contributed by atoms with van der Waals surface area (Å²) in [4.78, 5) is 10.7. The van der Waals surface area contributed by atoms with E-state index < -0.39 is 17.0 Å². The number of carbonyl (C=O) groups is 1. The highest BCUT2D eigenvalue weighted by Gasteiger charge is 1.97. The van der Waals surface area contributed by atoms with Gasteiger partial charge in [-0.05, 0) is 35.3 Å². The van der Waals surface area contributed by atoms with Crippen molar-refractivity contribution < 1.29 is 18.3 Å². The molecular weight excluding hydrogens is 192 g/mol. The molecule has 0 aromatic heterocycles. The van der Waals surface area contributed by atoms with Crippen LogP contribution in [0.15, 0.2) is 29.2 Å². The molecule has 0 fully saturated rings. The third-order valence-corrected chi connectivity index (χ3v) is 1.93. The van der Waals surface area contributed by atoms with Crippen LogP contribution >= 0.6 is 0 Å². The van der Waals surface area contributed by atoms with Gasteiger partial charge in [0.05, 0.1) is 0 Å². The maximum absolute atomic E-state index is 10.5. The standard InChI is InChI=1S/C8H8O4S/c1-6(9)12-7-2-4-8(5-3-7)13(10)11/h2-5H,1H3,(H,10,11)/p-1. The van der Waals surface area contributed by atoms with Crippen LogP contribution in [0.25, 0.3) is 0 Å². The van der Waals surface area contributed by atoms with Crippen molar-refractivity contribution >= 4 is 17.0 Å². The molecule has 0 amide bonds. The van der Waals surface area contributed by atoms with Crippen molar-refractivity contribution in [2.75, 3.05) is 0 Å². The Hall–Kier alpha value is -1.20. The first kappa shape index (κ1) is 9.88. The number of ether oxygens (including phenoxy) is 1. The summed E-state index contributed by atoms with van der Waals surface area (Å²) in [5, 5.41) is 0. The molecule has 0 aliphatic rings. The molecule has 0 N–H and O–H groups in total. The fourth-order valence-electron chi connectivity index (χ4n) is 0.785. The van der Waals surface area contributed by atoms with Gasteiger partial charge in [0.25, 0.3) is 0 Å². The van der Waals surface area contributed by atoms with Crippen molar-refractivity contribution in [2.24, 2.45) is 0 Å². The normalized spacial score (nSPS) is 12.2. The molecule has 0 aliphatic heterocycles. The van der Waals surface area contributed by atoms with Gasteiger partial charge in [-0.25, -0.2) is 0 Å². The van der Waals surface area contributed by atoms with Crippen LogP contribution in [0, 0.1) is 0 Å². The highest BCUT2D eigenvalue weighted by molar-refractivity contribution is 7.79. The lowest BCUT2D eigenvalue weighted by Gasteiger charge is -2.05. The van der Waals surface area contributed by atoms with Gasteiger partial charge in [0.1, 0.15) is 5.75 Å². The lowest BCUT2D eigenvalue weighted by atomic mass is 10.3. The highest BCUT2D eigenvalue weighted by Crippen LogP contribution is 2.13. The fraction of sp³-hybridized carbons (Fsp3) is 0.125. The monoisotopic (exact) mass is 199 g/mol. The minimum Gasteiger partial charge on any atom is -0.768 e. The summed E-state index contributed by atoms with van der Waals surface area (Å²) < 4.78 is 25.6. The SMILES string of the molecule is CC(=O)Oc1ccc(S(=O)[O-])cc1. The summed E-state index contributed by atoms with van der Waals surface area (Å²) >= 11 is -2.24. The van der Waals surface area contributed by atoms with Gasteiger partial charge in [0, 0.05) is 11.8 Å². The Kier molecular flexibility index (Phi) is 3.16. The molecule has 0 radical (unpaired) electrons. The molecule has 0 saturated heterocycles. The first-order valence-corrected chi connectivity index (χ1v) is 4.55. The number of hydrogen-bond acceptors (Lipinski definition) is 4. The second-order valence-corrected chi connectivity index (χ2v) is 3.24. The zero-order valence-electron chi connectivity index (χ0n) is 6.85. The Morgan fingerprint density at radius 3 is 2.31 bits per heavy atom. The summed E-state index contributed by atoms with van der Waals surface area (Å²) in [6.07, 6.45) is 0. The van der Waals surface area contributed by atoms with Crippen LogP contribution in [0.4, 0.5) is 0 Å². The molecule has 0 aliphatic carbocycles. The molecule has 1 atom stereocenters. The third-order valence-electron chi connectivity index (χ3n) is 1.28. The smallest absolute Gasteiger partial charge is 0.308 e. The molecule has 4 nitrogen and oxygen atoms in total. The molecule has 0 heterocycles. The fourth-order valence-corrected chi connectivity index (χ4v) is 1.14. The van der Waals surface area contributed by atoms with Crippen LogP contribution in [-0.2, 0) is 15.9 Å². The number of carbonyl (C=O) groups excluding carboxylic acids is 1. The largest absolute Gasteiger partial charge is 0.768 e. The van der Waals surface area contributed by atoms with E-state index in [1.807, 2.05) is 0 Å². The van der Waals surface area contributed by atoms with Gasteiger partial charge in [0.2, 0.25) is 0 Å². The topological polar surface area (TPSA) is 66.4 Å². The van der Waals surface area contributed by atoms with Crippen molar-refractivity contribution in [1.82, 2.24) is 0 Å². The summed E-state index contributed by atoms with van der Waals surface area (Å²) in [7, 11) is 0. The lowest BCUT2D eigenvalue weighted by Crippen LogP contribution is -2.01. The zero-order valence-corrected chi connectivity index (χ0v) is 7.67. The average Bonchev–Trinajstić information content (AvgIpc) is 2.04. The first-order valence-electron chi connectivity index (χ1n) is 3.47. The Labute approximate surface area is 77.8 Å². The van der Waals surface area contributed by atoms with Gasteiger partial charge in [-0.15, -0.1) is 0 Å². The van der Waals surface area contributed by atoms with E-state index in [1.54, 1.807) is 0 Å². The Bertz CT molecular complexity index is 331. The molecule has 13 heavy (non-hydrogen) atoms. The van der Waals surface area contributed by atoms with Gasteiger partial charge < -0.3 is 9.29 Å². The Morgan fingerprint density at radius 1 is 1.38 bits per heavy atom. The van der Waals surface area contributed by atoms with E-state index in [1.165, 1.54) is 31.2 Å². The van der Waals surface area contributed by atoms with E-state index in [9.17, 15) is 13.6 Å². The van der Waals surface area contributed by atoms with E-state index in [-0.39, 0.29) is 4.90 Å². The molecule has 0 saturated carbocycles. The molecule has 5 heteroatoms. The summed E-state index contributed by atoms with van der Waals surface area (Å²) in [5.41, 5.74) is 0. The van der Waals surface area contributed by atoms with Gasteiger partial charge in [-0.2, -0.15) is 0 Å². The summed E-state index contributed by atoms with van der Waals surface area (Å²) in [6.45, 7) is 1.28. The molecule has 1 aromatic carbocycles. The molecule has 1 unspecified atom stereocenters. The van der Waals surface area contributed by atoms with Crippen molar-refractivity contribution in [3.8, 4) is 5.75 Å². The second kappa shape index (κ2) is 4.15. The van der Waals surface area contributed by atoms with Crippen molar-refractivity contribution in [2.45, 2.75) is 11.8 Å². The molecule has 1 rings (SSSR count). The van der Waals surface area contributed by atoms with Gasteiger partial charge in [0.15, 0.2) is 0 Å². The molecule has 70 valence electrons. The van der Waals surface area contributed by atoms with E-state index in [4.69, 9.17) is 4.74 Å². The zero-order chi connectivity index (χ0) is 9.84. The molecule has 1 aromatic rings. The average molecular weight is 199 g/mol. The van der Waals surface area contributed by atoms with E-state index in [0.29, 0.717) is 5.75 Å². The van der Waals surface area contributed by atoms with E-state index in [2.05, 4.69) is 0 Å². The van der Waals surface area contributed by atoms with Crippen LogP contribution < -0.4 is 4.74 Å². The summed E-state index contributed by atoms with van der Waals surface area (Å²) in [6, 6.07) is 5.57. The van der Waals surface area contributed by atoms with Crippen LogP contribution in [-0.4, -0.2) is 14.7 Å². The molecule has 0 spiro atoms. The minimum atomic E-state index is -2.24. The van der Waals surface area contributed by atoms with Gasteiger partial charge in [-0.1, -0.05) is 0 Å². The van der Waals surface area contributed by atoms with Crippen molar-refractivity contribution in [3.05, 3.63) is 24.3 Å². The maximum Gasteiger partial charge on any atom is 0.308 e. The van der Waals surface area contributed by atoms with E-state index in [0.717, 1.165) is 0 Å². The lowest BCUT2D eigenvalue weighted by molar-refractivity contribution is -0.131. The Morgan fingerprint density at radius 2 is 1.92 bits per heavy atom. The van der Waals surface area contributed by atoms with E-state index >= 15 is 0 Å². The maximum atomic E-state index is 10.5. The predicted octanol–water partition coefficient (Wildman–Crippen LogP) is 0.850. The predicted molar refractivity (Wildman–Crippen MR) is 44.9 cm³/mol. The second-order valence-electron chi connectivity index (χ2n) is 2.30. The van der Waals surface area contributed by atoms with Crippen LogP contribution in [0.3, 0.4) is 0 Å². The quantitative estimate of drug-likeness (QED) is 0.402. The van der Waals surface area contributed by atoms with Crippen molar-refractivity contribution in [1.29, 1.82) is 0 Å². The number of esters is 1. The number of rotatable bonds is 2. The van der Waals surface area contributed by atoms with Gasteiger partial charge in [-0.3, -0.25) is 9.00 Å². The van der Waals surface area contributed by atoms with Crippen LogP contribution in [0.1, 0.15) is 6.92 Å². The third kappa shape index (κ3) is 2.96. The highest BCUT2D eigenvalue weighted by atomic mass is 32.2. The summed E-state index contributed by atoms with van der Waals surface area (Å²) in [5.74, 6) is -0.0994. The number of benzene rings is 1. The molecule has 0 bridgehead atoms. The van der Waals surface area contributed by atoms with Crippen molar-refractivity contribution in [3.63, 3.8) is 0 Å². The van der Waals surface area contributed by atoms with Crippen LogP contribution in [0.5, 0.6) is 5.75 Å². The van der Waals surface area contributed by atoms with Gasteiger partial charge >= 0.3 is 5.97 Å². The number of hydrogen-bond donors (Lipinski definition) is 0. The first-order chi connectivity index (χ1) is 6.09. The minimum absolute atomic E-state index is 0.163. The Balaban J connectivity index is 2.81. The molecular formula is C8H7O4S-.